The normalized spacial score (nSPS) is 21.3. The lowest BCUT2D eigenvalue weighted by molar-refractivity contribution is -0.139. The van der Waals surface area contributed by atoms with Crippen LogP contribution in [0.15, 0.2) is 84.9 Å². The van der Waals surface area contributed by atoms with Crippen molar-refractivity contribution in [3.05, 3.63) is 119 Å². The zero-order valence-corrected chi connectivity index (χ0v) is 39.9. The Morgan fingerprint density at radius 3 is 1.67 bits per heavy atom. The van der Waals surface area contributed by atoms with Gasteiger partial charge in [0.05, 0.1) is 43.2 Å². The van der Waals surface area contributed by atoms with E-state index < -0.39 is 36.2 Å². The van der Waals surface area contributed by atoms with Gasteiger partial charge in [0, 0.05) is 51.5 Å². The molecule has 1 saturated heterocycles. The minimum atomic E-state index is -2.18. The second-order valence-electron chi connectivity index (χ2n) is 21.1. The van der Waals surface area contributed by atoms with E-state index in [1.165, 1.54) is 5.69 Å². The van der Waals surface area contributed by atoms with Crippen molar-refractivity contribution in [1.29, 1.82) is 0 Å². The molecular formula is C58H72N2O10. The molecule has 2 aromatic heterocycles. The van der Waals surface area contributed by atoms with Gasteiger partial charge in [-0.1, -0.05) is 73.7 Å². The summed E-state index contributed by atoms with van der Waals surface area (Å²) in [5.41, 5.74) is 6.85. The van der Waals surface area contributed by atoms with Gasteiger partial charge in [-0.2, -0.15) is 0 Å². The zero-order valence-electron chi connectivity index (χ0n) is 43.9. The standard InChI is InChI=1S/C30H35NO5.C26H29NO5.2CH4/c1-28(2,3)26-14-20-12-19(6-8-23(20)31(26)16-22-17-35-29(4,5)36-22)13-27(32)30(10-11-30)21-7-9-24-25(15-21)34-18-33-24;1-16(2)22-11-18-9-17(3-5-21(18)27(22)13-20(29)14-28)10-25(30)26(7-8-26)19-4-6-23-24(12-19)32-15-31-23;;/h6-9,12,14-15,22H,10-11,13,16-18H2,1-5H3;3-6,9,11-12,16,20,28-29H,7-8,10,13-15H2,1-2H3;2*1H4/t22-;20-;;/m11../s1/i18D2;15D2;;. The minimum Gasteiger partial charge on any atom is -0.454 e. The second kappa shape index (κ2) is 19.2. The average Bonchev–Trinajstić information content (AvgIpc) is 4.11. The third-order valence-electron chi connectivity index (χ3n) is 14.3. The van der Waals surface area contributed by atoms with Gasteiger partial charge in [0.25, 0.3) is 0 Å². The summed E-state index contributed by atoms with van der Waals surface area (Å²) in [4.78, 5) is 27.0. The Kier molecular flexibility index (Phi) is 12.4. The molecule has 3 fully saturated rings. The number of carbonyl (C=O) groups is 2. The number of benzene rings is 4. The molecule has 0 bridgehead atoms. The summed E-state index contributed by atoms with van der Waals surface area (Å²) in [6, 6.07) is 27.2. The van der Waals surface area contributed by atoms with Crippen molar-refractivity contribution in [2.75, 3.05) is 26.7 Å². The number of hydrogen-bond donors (Lipinski definition) is 2. The Hall–Kier alpha value is -5.66. The molecule has 11 rings (SSSR count). The van der Waals surface area contributed by atoms with Gasteiger partial charge in [-0.3, -0.25) is 9.59 Å². The summed E-state index contributed by atoms with van der Waals surface area (Å²) >= 11 is 0. The fourth-order valence-corrected chi connectivity index (χ4v) is 10.3. The highest BCUT2D eigenvalue weighted by molar-refractivity contribution is 5.96. The van der Waals surface area contributed by atoms with Crippen molar-refractivity contribution in [3.63, 3.8) is 0 Å². The molecule has 0 unspecified atom stereocenters. The van der Waals surface area contributed by atoms with Crippen LogP contribution in [-0.4, -0.2) is 75.6 Å². The molecule has 2 aliphatic carbocycles. The third-order valence-corrected chi connectivity index (χ3v) is 14.3. The van der Waals surface area contributed by atoms with Crippen LogP contribution < -0.4 is 18.9 Å². The maximum atomic E-state index is 13.6. The Balaban J connectivity index is 0.000000193. The lowest BCUT2D eigenvalue weighted by Gasteiger charge is -2.24. The number of aliphatic hydroxyl groups is 2. The number of ketones is 2. The first-order chi connectivity index (χ1) is 33.9. The van der Waals surface area contributed by atoms with Gasteiger partial charge >= 0.3 is 0 Å². The van der Waals surface area contributed by atoms with Crippen molar-refractivity contribution >= 4 is 33.4 Å². The molecule has 6 aromatic rings. The molecule has 5 heterocycles. The van der Waals surface area contributed by atoms with Crippen molar-refractivity contribution in [2.24, 2.45) is 0 Å². The molecule has 4 aromatic carbocycles. The number of ether oxygens (including phenoxy) is 6. The third kappa shape index (κ3) is 9.72. The lowest BCUT2D eigenvalue weighted by Crippen LogP contribution is -2.26. The number of Topliss-reactive ketones (excluding diaryl/α,β-unsaturated/α-hetero) is 2. The van der Waals surface area contributed by atoms with Gasteiger partial charge in [0.1, 0.15) is 23.2 Å². The van der Waals surface area contributed by atoms with E-state index in [0.717, 1.165) is 75.4 Å². The van der Waals surface area contributed by atoms with Crippen LogP contribution >= 0.6 is 0 Å². The van der Waals surface area contributed by atoms with E-state index >= 15 is 0 Å². The van der Waals surface area contributed by atoms with Crippen molar-refractivity contribution < 1.29 is 53.7 Å². The Bertz CT molecular complexity index is 3100. The van der Waals surface area contributed by atoms with Crippen LogP contribution in [0.25, 0.3) is 21.8 Å². The van der Waals surface area contributed by atoms with Crippen LogP contribution in [0.1, 0.15) is 134 Å². The van der Waals surface area contributed by atoms with Crippen LogP contribution in [0, 0.1) is 0 Å². The number of aliphatic hydroxyl groups excluding tert-OH is 2. The minimum absolute atomic E-state index is 0. The summed E-state index contributed by atoms with van der Waals surface area (Å²) in [6.07, 6.45) is 2.87. The number of nitrogens with zero attached hydrogens (tertiary/aromatic N) is 2. The van der Waals surface area contributed by atoms with Crippen LogP contribution in [0.3, 0.4) is 0 Å². The molecule has 2 atom stereocenters. The molecule has 3 aliphatic heterocycles. The van der Waals surface area contributed by atoms with Crippen molar-refractivity contribution in [3.8, 4) is 23.0 Å². The SMILES string of the molecule is C.C.[2H]C1([2H])Oc2ccc(C3(C(=O)Cc4ccc5c(c4)cc(C(C)(C)C)n5C[C@@H]4COC(C)(C)O4)CC3)cc2O1.[2H]C1([2H])Oc2ccc(C3(C(=O)Cc4ccc5c(c4)cc(C(C)C)n5C[C@@H](O)CO)CC3)cc2O1. The molecule has 12 heteroatoms. The fraction of sp³-hybridized carbons (Fsp3) is 0.483. The Morgan fingerprint density at radius 1 is 0.714 bits per heavy atom. The highest BCUT2D eigenvalue weighted by Crippen LogP contribution is 2.53. The van der Waals surface area contributed by atoms with Gasteiger partial charge in [0.15, 0.2) is 28.8 Å². The monoisotopic (exact) mass is 961 g/mol. The molecular weight excluding hydrogens is 885 g/mol. The van der Waals surface area contributed by atoms with Crippen LogP contribution in [-0.2, 0) is 61.2 Å². The molecule has 374 valence electrons. The van der Waals surface area contributed by atoms with E-state index in [9.17, 15) is 19.8 Å². The highest BCUT2D eigenvalue weighted by Gasteiger charge is 2.52. The van der Waals surface area contributed by atoms with Gasteiger partial charge < -0.3 is 47.8 Å². The smallest absolute Gasteiger partial charge is 0.231 e. The zero-order chi connectivity index (χ0) is 51.3. The van der Waals surface area contributed by atoms with E-state index in [1.807, 2.05) is 48.7 Å². The molecule has 2 saturated carbocycles. The number of aromatic nitrogens is 2. The summed E-state index contributed by atoms with van der Waals surface area (Å²) in [5.74, 6) is 1.38. The van der Waals surface area contributed by atoms with E-state index in [0.29, 0.717) is 55.5 Å². The molecule has 0 spiro atoms. The highest BCUT2D eigenvalue weighted by atomic mass is 16.7. The van der Waals surface area contributed by atoms with Gasteiger partial charge in [-0.15, -0.1) is 0 Å². The number of fused-ring (bicyclic) bond motifs is 4. The molecule has 0 amide bonds. The summed E-state index contributed by atoms with van der Waals surface area (Å²) in [5, 5.41) is 21.4. The fourth-order valence-electron chi connectivity index (χ4n) is 10.3. The van der Waals surface area contributed by atoms with Gasteiger partial charge in [-0.05, 0) is 128 Å². The maximum absolute atomic E-state index is 13.6. The van der Waals surface area contributed by atoms with Gasteiger partial charge in [0.2, 0.25) is 13.5 Å². The predicted octanol–water partition coefficient (Wildman–Crippen LogP) is 10.6. The molecule has 0 radical (unpaired) electrons. The van der Waals surface area contributed by atoms with Crippen LogP contribution in [0.2, 0.25) is 0 Å². The summed E-state index contributed by atoms with van der Waals surface area (Å²) in [7, 11) is 0. The average molecular weight is 961 g/mol. The first kappa shape index (κ1) is 45.5. The number of carbonyl (C=O) groups excluding carboxylic acids is 2. The van der Waals surface area contributed by atoms with E-state index in [1.54, 1.807) is 24.3 Å². The Labute approximate surface area is 418 Å². The first-order valence-electron chi connectivity index (χ1n) is 25.8. The topological polar surface area (TPSA) is 140 Å². The van der Waals surface area contributed by atoms with E-state index in [2.05, 4.69) is 69.5 Å². The van der Waals surface area contributed by atoms with Crippen LogP contribution in [0.4, 0.5) is 0 Å². The Morgan fingerprint density at radius 2 is 1.21 bits per heavy atom. The van der Waals surface area contributed by atoms with E-state index in [-0.39, 0.29) is 50.5 Å². The van der Waals surface area contributed by atoms with Crippen LogP contribution in [0.5, 0.6) is 23.0 Å². The van der Waals surface area contributed by atoms with Gasteiger partial charge in [-0.25, -0.2) is 0 Å². The lowest BCUT2D eigenvalue weighted by atomic mass is 9.87. The molecule has 2 N–H and O–H groups in total. The largest absolute Gasteiger partial charge is 0.454 e. The molecule has 12 nitrogen and oxygen atoms in total. The molecule has 5 aliphatic rings. The second-order valence-corrected chi connectivity index (χ2v) is 21.1. The number of hydrogen-bond acceptors (Lipinski definition) is 10. The first-order valence-corrected chi connectivity index (χ1v) is 23.8. The van der Waals surface area contributed by atoms with Crippen molar-refractivity contribution in [1.82, 2.24) is 9.13 Å². The van der Waals surface area contributed by atoms with Crippen molar-refractivity contribution in [2.45, 2.75) is 155 Å². The predicted molar refractivity (Wildman–Crippen MR) is 272 cm³/mol. The maximum Gasteiger partial charge on any atom is 0.231 e. The quantitative estimate of drug-likeness (QED) is 0.108. The summed E-state index contributed by atoms with van der Waals surface area (Å²) in [6.45, 7) is 11.7. The van der Waals surface area contributed by atoms with E-state index in [4.69, 9.17) is 33.9 Å². The summed E-state index contributed by atoms with van der Waals surface area (Å²) < 4.78 is 67.8. The number of rotatable bonds is 14. The molecule has 70 heavy (non-hydrogen) atoms.